The highest BCUT2D eigenvalue weighted by molar-refractivity contribution is 4.97. The average molecular weight is 227 g/mol. The highest BCUT2D eigenvalue weighted by Gasteiger charge is 2.12. The summed E-state index contributed by atoms with van der Waals surface area (Å²) >= 11 is 0. The van der Waals surface area contributed by atoms with E-state index in [4.69, 9.17) is 9.47 Å². The van der Waals surface area contributed by atoms with Crippen molar-refractivity contribution in [3.05, 3.63) is 18.2 Å². The first-order chi connectivity index (χ1) is 7.69. The molecule has 0 aromatic carbocycles. The molecule has 0 aliphatic rings. The maximum atomic E-state index is 5.27. The molecular formula is C11H21N3O2. The zero-order valence-corrected chi connectivity index (χ0v) is 10.4. The number of aromatic nitrogens is 2. The van der Waals surface area contributed by atoms with Gasteiger partial charge in [0.05, 0.1) is 18.8 Å². The number of imidazole rings is 1. The number of methoxy groups -OCH3 is 2. The van der Waals surface area contributed by atoms with Crippen molar-refractivity contribution in [3.63, 3.8) is 0 Å². The number of hydrogen-bond donors (Lipinski definition) is 1. The van der Waals surface area contributed by atoms with Crippen molar-refractivity contribution in [2.75, 3.05) is 27.4 Å². The van der Waals surface area contributed by atoms with Crippen LogP contribution < -0.4 is 5.32 Å². The molecule has 1 heterocycles. The van der Waals surface area contributed by atoms with E-state index in [1.165, 1.54) is 0 Å². The van der Waals surface area contributed by atoms with Crippen molar-refractivity contribution >= 4 is 0 Å². The number of rotatable bonds is 7. The van der Waals surface area contributed by atoms with Gasteiger partial charge < -0.3 is 19.4 Å². The maximum absolute atomic E-state index is 5.27. The van der Waals surface area contributed by atoms with E-state index in [1.807, 2.05) is 17.8 Å². The Morgan fingerprint density at radius 3 is 2.75 bits per heavy atom. The minimum Gasteiger partial charge on any atom is -0.382 e. The second-order valence-corrected chi connectivity index (χ2v) is 3.84. The molecule has 1 N–H and O–H groups in total. The molecule has 0 aliphatic carbocycles. The minimum absolute atomic E-state index is 0.0766. The molecule has 0 aliphatic heterocycles. The van der Waals surface area contributed by atoms with Gasteiger partial charge >= 0.3 is 0 Å². The van der Waals surface area contributed by atoms with Gasteiger partial charge in [0.1, 0.15) is 5.82 Å². The largest absolute Gasteiger partial charge is 0.382 e. The lowest BCUT2D eigenvalue weighted by Crippen LogP contribution is -2.34. The maximum Gasteiger partial charge on any atom is 0.125 e. The smallest absolute Gasteiger partial charge is 0.125 e. The van der Waals surface area contributed by atoms with Crippen molar-refractivity contribution in [3.8, 4) is 0 Å². The SMILES string of the molecule is COCC(CNC(C)c1nccn1C)OC. The molecule has 5 heteroatoms. The third kappa shape index (κ3) is 3.59. The first kappa shape index (κ1) is 13.2. The lowest BCUT2D eigenvalue weighted by molar-refractivity contribution is 0.0274. The van der Waals surface area contributed by atoms with E-state index in [2.05, 4.69) is 17.2 Å². The highest BCUT2D eigenvalue weighted by atomic mass is 16.5. The molecule has 2 atom stereocenters. The van der Waals surface area contributed by atoms with Crippen LogP contribution in [0.4, 0.5) is 0 Å². The van der Waals surface area contributed by atoms with Gasteiger partial charge in [-0.05, 0) is 6.92 Å². The Morgan fingerprint density at radius 1 is 1.50 bits per heavy atom. The van der Waals surface area contributed by atoms with Gasteiger partial charge in [0.15, 0.2) is 0 Å². The van der Waals surface area contributed by atoms with Gasteiger partial charge in [0, 0.05) is 40.2 Å². The number of aryl methyl sites for hydroxylation is 1. The van der Waals surface area contributed by atoms with E-state index in [9.17, 15) is 0 Å². The van der Waals surface area contributed by atoms with Crippen molar-refractivity contribution in [1.29, 1.82) is 0 Å². The molecule has 0 fully saturated rings. The Hall–Kier alpha value is -0.910. The third-order valence-corrected chi connectivity index (χ3v) is 2.58. The lowest BCUT2D eigenvalue weighted by atomic mass is 10.3. The molecular weight excluding hydrogens is 206 g/mol. The van der Waals surface area contributed by atoms with Crippen LogP contribution in [0.25, 0.3) is 0 Å². The second-order valence-electron chi connectivity index (χ2n) is 3.84. The molecule has 92 valence electrons. The summed E-state index contributed by atoms with van der Waals surface area (Å²) in [6, 6.07) is 0.203. The summed E-state index contributed by atoms with van der Waals surface area (Å²) in [4.78, 5) is 4.29. The van der Waals surface area contributed by atoms with Crippen LogP contribution in [0, 0.1) is 0 Å². The monoisotopic (exact) mass is 227 g/mol. The fraction of sp³-hybridized carbons (Fsp3) is 0.727. The van der Waals surface area contributed by atoms with Gasteiger partial charge in [-0.15, -0.1) is 0 Å². The van der Waals surface area contributed by atoms with Gasteiger partial charge in [-0.1, -0.05) is 0 Å². The quantitative estimate of drug-likeness (QED) is 0.746. The first-order valence-corrected chi connectivity index (χ1v) is 5.41. The van der Waals surface area contributed by atoms with Gasteiger partial charge in [-0.25, -0.2) is 4.98 Å². The lowest BCUT2D eigenvalue weighted by Gasteiger charge is -2.19. The van der Waals surface area contributed by atoms with Crippen LogP contribution in [-0.4, -0.2) is 43.0 Å². The van der Waals surface area contributed by atoms with Crippen LogP contribution in [0.3, 0.4) is 0 Å². The zero-order valence-electron chi connectivity index (χ0n) is 10.4. The van der Waals surface area contributed by atoms with E-state index < -0.39 is 0 Å². The molecule has 5 nitrogen and oxygen atoms in total. The van der Waals surface area contributed by atoms with Crippen molar-refractivity contribution in [1.82, 2.24) is 14.9 Å². The van der Waals surface area contributed by atoms with Crippen LogP contribution in [0.5, 0.6) is 0 Å². The third-order valence-electron chi connectivity index (χ3n) is 2.58. The predicted octanol–water partition coefficient (Wildman–Crippen LogP) is 0.732. The molecule has 1 aromatic rings. The Labute approximate surface area is 96.8 Å². The molecule has 1 aromatic heterocycles. The molecule has 0 amide bonds. The van der Waals surface area contributed by atoms with Crippen molar-refractivity contribution in [2.24, 2.45) is 7.05 Å². The van der Waals surface area contributed by atoms with Crippen LogP contribution in [-0.2, 0) is 16.5 Å². The summed E-state index contributed by atoms with van der Waals surface area (Å²) in [5.41, 5.74) is 0. The standard InChI is InChI=1S/C11H21N3O2/c1-9(11-12-5-6-14(11)2)13-7-10(16-4)8-15-3/h5-6,9-10,13H,7-8H2,1-4H3. The first-order valence-electron chi connectivity index (χ1n) is 5.41. The molecule has 0 spiro atoms. The Kier molecular flexibility index (Phi) is 5.45. The Morgan fingerprint density at radius 2 is 2.25 bits per heavy atom. The van der Waals surface area contributed by atoms with Gasteiger partial charge in [0.2, 0.25) is 0 Å². The van der Waals surface area contributed by atoms with Gasteiger partial charge in [0.25, 0.3) is 0 Å². The number of nitrogens with zero attached hydrogens (tertiary/aromatic N) is 2. The van der Waals surface area contributed by atoms with E-state index in [0.717, 1.165) is 12.4 Å². The van der Waals surface area contributed by atoms with Crippen LogP contribution in [0.2, 0.25) is 0 Å². The summed E-state index contributed by atoms with van der Waals surface area (Å²) in [5, 5.41) is 3.37. The fourth-order valence-electron chi connectivity index (χ4n) is 1.59. The summed E-state index contributed by atoms with van der Waals surface area (Å²) in [7, 11) is 5.36. The van der Waals surface area contributed by atoms with Gasteiger partial charge in [-0.2, -0.15) is 0 Å². The van der Waals surface area contributed by atoms with Crippen LogP contribution >= 0.6 is 0 Å². The summed E-state index contributed by atoms with van der Waals surface area (Å²) in [5.74, 6) is 1.02. The number of nitrogens with one attached hydrogen (secondary N) is 1. The average Bonchev–Trinajstić information content (AvgIpc) is 2.70. The summed E-state index contributed by atoms with van der Waals surface area (Å²) < 4.78 is 12.3. The number of hydrogen-bond acceptors (Lipinski definition) is 4. The molecule has 0 saturated carbocycles. The fourth-order valence-corrected chi connectivity index (χ4v) is 1.59. The van der Waals surface area contributed by atoms with Gasteiger partial charge in [-0.3, -0.25) is 0 Å². The summed E-state index contributed by atoms with van der Waals surface area (Å²) in [6.07, 6.45) is 3.82. The topological polar surface area (TPSA) is 48.3 Å². The van der Waals surface area contributed by atoms with Crippen LogP contribution in [0.1, 0.15) is 18.8 Å². The predicted molar refractivity (Wildman–Crippen MR) is 62.3 cm³/mol. The Bertz CT molecular complexity index is 301. The van der Waals surface area contributed by atoms with E-state index >= 15 is 0 Å². The summed E-state index contributed by atoms with van der Waals surface area (Å²) in [6.45, 7) is 3.43. The molecule has 16 heavy (non-hydrogen) atoms. The molecule has 0 saturated heterocycles. The molecule has 0 radical (unpaired) electrons. The molecule has 1 rings (SSSR count). The number of ether oxygens (including phenoxy) is 2. The Balaban J connectivity index is 2.40. The molecule has 0 bridgehead atoms. The van der Waals surface area contributed by atoms with E-state index in [0.29, 0.717) is 6.61 Å². The molecule has 2 unspecified atom stereocenters. The zero-order chi connectivity index (χ0) is 12.0. The second kappa shape index (κ2) is 6.62. The van der Waals surface area contributed by atoms with E-state index in [-0.39, 0.29) is 12.1 Å². The highest BCUT2D eigenvalue weighted by Crippen LogP contribution is 2.08. The van der Waals surface area contributed by atoms with Crippen molar-refractivity contribution < 1.29 is 9.47 Å². The van der Waals surface area contributed by atoms with E-state index in [1.54, 1.807) is 20.4 Å². The van der Waals surface area contributed by atoms with Crippen molar-refractivity contribution in [2.45, 2.75) is 19.1 Å². The minimum atomic E-state index is 0.0766. The van der Waals surface area contributed by atoms with Crippen LogP contribution in [0.15, 0.2) is 12.4 Å². The normalized spacial score (nSPS) is 15.0.